The van der Waals surface area contributed by atoms with Gasteiger partial charge in [-0.3, -0.25) is 0 Å². The number of rotatable bonds is 6. The Morgan fingerprint density at radius 1 is 0.966 bits per heavy atom. The van der Waals surface area contributed by atoms with Gasteiger partial charge >= 0.3 is 12.1 Å². The second-order valence-corrected chi connectivity index (χ2v) is 9.51. The Morgan fingerprint density at radius 2 is 1.52 bits per heavy atom. The number of hydrogen-bond acceptors (Lipinski definition) is 4. The summed E-state index contributed by atoms with van der Waals surface area (Å²) in [5.74, 6) is -0.446. The molecule has 1 saturated carbocycles. The van der Waals surface area contributed by atoms with Gasteiger partial charge in [-0.05, 0) is 79.6 Å². The molecule has 4 nitrogen and oxygen atoms in total. The van der Waals surface area contributed by atoms with Crippen molar-refractivity contribution in [2.24, 2.45) is 5.92 Å². The van der Waals surface area contributed by atoms with Crippen LogP contribution < -0.4 is 0 Å². The van der Waals surface area contributed by atoms with Gasteiger partial charge in [0.2, 0.25) is 0 Å². The number of ether oxygens (including phenoxy) is 2. The van der Waals surface area contributed by atoms with Gasteiger partial charge in [0.05, 0.1) is 5.60 Å². The third-order valence-corrected chi connectivity index (χ3v) is 6.26. The molecule has 1 fully saturated rings. The monoisotopic (exact) mass is 422 g/mol. The highest BCUT2D eigenvalue weighted by atomic mass is 19.4. The zero-order valence-corrected chi connectivity index (χ0v) is 18.6. The number of hydrogen-bond donors (Lipinski definition) is 1. The van der Waals surface area contributed by atoms with Gasteiger partial charge in [0.1, 0.15) is 11.7 Å². The Kier molecular flexibility index (Phi) is 8.39. The molecule has 0 amide bonds. The molecule has 0 aromatic heterocycles. The number of aliphatic hydroxyl groups is 1. The highest BCUT2D eigenvalue weighted by molar-refractivity contribution is 5.87. The fourth-order valence-corrected chi connectivity index (χ4v) is 3.86. The highest BCUT2D eigenvalue weighted by Crippen LogP contribution is 2.44. The molecule has 29 heavy (non-hydrogen) atoms. The van der Waals surface area contributed by atoms with Crippen LogP contribution in [0.4, 0.5) is 13.2 Å². The molecule has 0 aromatic carbocycles. The first-order valence-electron chi connectivity index (χ1n) is 10.4. The Hall–Kier alpha value is -1.08. The second-order valence-electron chi connectivity index (χ2n) is 9.51. The van der Waals surface area contributed by atoms with Gasteiger partial charge < -0.3 is 14.6 Å². The summed E-state index contributed by atoms with van der Waals surface area (Å²) < 4.78 is 51.6. The van der Waals surface area contributed by atoms with Gasteiger partial charge in [-0.25, -0.2) is 4.79 Å². The molecule has 1 aliphatic rings. The molecular weight excluding hydrogens is 385 g/mol. The lowest BCUT2D eigenvalue weighted by Crippen LogP contribution is -2.62. The summed E-state index contributed by atoms with van der Waals surface area (Å²) in [6.45, 7) is 12.1. The van der Waals surface area contributed by atoms with E-state index in [1.54, 1.807) is 20.8 Å². The fourth-order valence-electron chi connectivity index (χ4n) is 3.86. The molecule has 3 atom stereocenters. The topological polar surface area (TPSA) is 55.8 Å². The molecule has 3 unspecified atom stereocenters. The number of alkyl halides is 3. The van der Waals surface area contributed by atoms with Gasteiger partial charge in [0, 0.05) is 5.57 Å². The maximum Gasteiger partial charge on any atom is 0.419 e. The molecule has 0 spiro atoms. The summed E-state index contributed by atoms with van der Waals surface area (Å²) >= 11 is 0. The summed E-state index contributed by atoms with van der Waals surface area (Å²) in [5, 5.41) is 10.2. The number of halogens is 3. The molecule has 1 N–H and O–H groups in total. The molecule has 7 heteroatoms. The maximum atomic E-state index is 13.4. The van der Waals surface area contributed by atoms with Gasteiger partial charge in [-0.15, -0.1) is 0 Å². The van der Waals surface area contributed by atoms with E-state index in [1.165, 1.54) is 13.8 Å². The SMILES string of the molecule is C=C(C)C(=O)OC1CCCCCC(C(C)(C)OC(C)(C)C(C)(O)C(F)(F)F)CC1. The molecule has 0 aromatic rings. The second kappa shape index (κ2) is 9.38. The van der Waals surface area contributed by atoms with Crippen molar-refractivity contribution in [3.05, 3.63) is 12.2 Å². The van der Waals surface area contributed by atoms with E-state index in [0.717, 1.165) is 39.0 Å². The first kappa shape index (κ1) is 26.0. The first-order chi connectivity index (χ1) is 13.0. The normalized spacial score (nSPS) is 24.6. The Balaban J connectivity index is 2.94. The van der Waals surface area contributed by atoms with Crippen molar-refractivity contribution in [1.29, 1.82) is 0 Å². The highest BCUT2D eigenvalue weighted by Gasteiger charge is 2.61. The summed E-state index contributed by atoms with van der Waals surface area (Å²) in [7, 11) is 0. The molecule has 0 aliphatic heterocycles. The van der Waals surface area contributed by atoms with E-state index < -0.39 is 28.9 Å². The lowest BCUT2D eigenvalue weighted by Gasteiger charge is -2.47. The van der Waals surface area contributed by atoms with Gasteiger partial charge in [0.15, 0.2) is 5.60 Å². The van der Waals surface area contributed by atoms with Crippen molar-refractivity contribution in [2.75, 3.05) is 0 Å². The minimum absolute atomic E-state index is 0.0325. The van der Waals surface area contributed by atoms with Crippen molar-refractivity contribution in [1.82, 2.24) is 0 Å². The Labute approximate surface area is 172 Å². The average molecular weight is 423 g/mol. The molecule has 0 bridgehead atoms. The van der Waals surface area contributed by atoms with Crippen molar-refractivity contribution in [3.8, 4) is 0 Å². The molecule has 1 aliphatic carbocycles. The molecule has 170 valence electrons. The van der Waals surface area contributed by atoms with Crippen LogP contribution in [0.25, 0.3) is 0 Å². The van der Waals surface area contributed by atoms with Crippen LogP contribution in [0.5, 0.6) is 0 Å². The van der Waals surface area contributed by atoms with E-state index in [2.05, 4.69) is 6.58 Å². The van der Waals surface area contributed by atoms with Crippen LogP contribution in [0.2, 0.25) is 0 Å². The quantitative estimate of drug-likeness (QED) is 0.439. The molecule has 1 rings (SSSR count). The van der Waals surface area contributed by atoms with Crippen molar-refractivity contribution in [2.45, 2.75) is 116 Å². The summed E-state index contributed by atoms with van der Waals surface area (Å²) in [6, 6.07) is 0. The summed E-state index contributed by atoms with van der Waals surface area (Å²) in [5.41, 5.74) is -5.37. The average Bonchev–Trinajstić information content (AvgIpc) is 2.65. The van der Waals surface area contributed by atoms with Crippen LogP contribution in [-0.2, 0) is 14.3 Å². The number of esters is 1. The largest absolute Gasteiger partial charge is 0.459 e. The van der Waals surface area contributed by atoms with Gasteiger partial charge in [-0.2, -0.15) is 13.2 Å². The molecule has 0 radical (unpaired) electrons. The smallest absolute Gasteiger partial charge is 0.419 e. The van der Waals surface area contributed by atoms with Crippen LogP contribution in [0.3, 0.4) is 0 Å². The van der Waals surface area contributed by atoms with Crippen LogP contribution in [-0.4, -0.2) is 40.2 Å². The van der Waals surface area contributed by atoms with E-state index in [-0.39, 0.29) is 12.0 Å². The van der Waals surface area contributed by atoms with E-state index in [0.29, 0.717) is 18.4 Å². The third-order valence-electron chi connectivity index (χ3n) is 6.26. The van der Waals surface area contributed by atoms with Gasteiger partial charge in [-0.1, -0.05) is 19.4 Å². The molecule has 0 saturated heterocycles. The number of carbonyl (C=O) groups excluding carboxylic acids is 1. The summed E-state index contributed by atoms with van der Waals surface area (Å²) in [4.78, 5) is 11.9. The maximum absolute atomic E-state index is 13.4. The Bertz CT molecular complexity index is 579. The number of carbonyl (C=O) groups is 1. The van der Waals surface area contributed by atoms with Crippen molar-refractivity contribution < 1.29 is 32.5 Å². The third kappa shape index (κ3) is 6.71. The van der Waals surface area contributed by atoms with Crippen molar-refractivity contribution in [3.63, 3.8) is 0 Å². The van der Waals surface area contributed by atoms with E-state index in [9.17, 15) is 23.1 Å². The van der Waals surface area contributed by atoms with E-state index >= 15 is 0 Å². The minimum atomic E-state index is -4.81. The van der Waals surface area contributed by atoms with Crippen LogP contribution in [0.1, 0.15) is 86.5 Å². The summed E-state index contributed by atoms with van der Waals surface area (Å²) in [6.07, 6.45) is 0.606. The standard InChI is InChI=1S/C22H37F3O4/c1-15(2)18(26)28-17-12-10-8-9-11-16(13-14-17)19(3,4)29-20(5,6)21(7,27)22(23,24)25/h16-17,27H,1,8-14H2,2-7H3. The van der Waals surface area contributed by atoms with E-state index in [1.807, 2.05) is 0 Å². The van der Waals surface area contributed by atoms with Crippen LogP contribution >= 0.6 is 0 Å². The fraction of sp³-hybridized carbons (Fsp3) is 0.864. The van der Waals surface area contributed by atoms with E-state index in [4.69, 9.17) is 9.47 Å². The zero-order valence-electron chi connectivity index (χ0n) is 18.6. The molecular formula is C22H37F3O4. The Morgan fingerprint density at radius 3 is 2.03 bits per heavy atom. The minimum Gasteiger partial charge on any atom is -0.459 e. The predicted octanol–water partition coefficient (Wildman–Crippen LogP) is 5.72. The van der Waals surface area contributed by atoms with Gasteiger partial charge in [0.25, 0.3) is 0 Å². The first-order valence-corrected chi connectivity index (χ1v) is 10.4. The molecule has 0 heterocycles. The zero-order chi connectivity index (χ0) is 22.7. The predicted molar refractivity (Wildman–Crippen MR) is 106 cm³/mol. The van der Waals surface area contributed by atoms with Crippen molar-refractivity contribution >= 4 is 5.97 Å². The lowest BCUT2D eigenvalue weighted by molar-refractivity contribution is -0.330. The lowest BCUT2D eigenvalue weighted by atomic mass is 9.80. The van der Waals surface area contributed by atoms with Crippen LogP contribution in [0, 0.1) is 5.92 Å². The van der Waals surface area contributed by atoms with Crippen LogP contribution in [0.15, 0.2) is 12.2 Å².